The van der Waals surface area contributed by atoms with Crippen LogP contribution >= 0.6 is 11.8 Å². The summed E-state index contributed by atoms with van der Waals surface area (Å²) < 4.78 is 13.9. The average molecular weight is 399 g/mol. The summed E-state index contributed by atoms with van der Waals surface area (Å²) in [5.74, 6) is 0.266. The Bertz CT molecular complexity index is 888. The van der Waals surface area contributed by atoms with Gasteiger partial charge in [-0.25, -0.2) is 4.39 Å². The van der Waals surface area contributed by atoms with Crippen LogP contribution in [0.3, 0.4) is 0 Å². The third-order valence-corrected chi connectivity index (χ3v) is 6.71. The maximum Gasteiger partial charge on any atom is 0.124 e. The lowest BCUT2D eigenvalue weighted by Crippen LogP contribution is -2.46. The van der Waals surface area contributed by atoms with E-state index in [-0.39, 0.29) is 12.4 Å². The van der Waals surface area contributed by atoms with Gasteiger partial charge < -0.3 is 10.0 Å². The molecule has 2 aliphatic heterocycles. The zero-order valence-corrected chi connectivity index (χ0v) is 17.3. The van der Waals surface area contributed by atoms with E-state index in [1.807, 2.05) is 6.07 Å². The van der Waals surface area contributed by atoms with Gasteiger partial charge in [0, 0.05) is 53.8 Å². The molecule has 148 valence electrons. The summed E-state index contributed by atoms with van der Waals surface area (Å²) in [5.41, 5.74) is 4.85. The van der Waals surface area contributed by atoms with Gasteiger partial charge in [-0.15, -0.1) is 0 Å². The lowest BCUT2D eigenvalue weighted by atomic mass is 9.98. The molecule has 4 rings (SSSR count). The summed E-state index contributed by atoms with van der Waals surface area (Å²) in [5, 5.41) is 9.21. The van der Waals surface area contributed by atoms with Crippen LogP contribution in [-0.2, 0) is 0 Å². The van der Waals surface area contributed by atoms with Crippen LogP contribution in [0.5, 0.6) is 0 Å². The Morgan fingerprint density at radius 1 is 1.04 bits per heavy atom. The molecule has 0 bridgehead atoms. The van der Waals surface area contributed by atoms with Gasteiger partial charge in [0.25, 0.3) is 0 Å². The number of hydrogen-bond acceptors (Lipinski definition) is 4. The molecule has 2 heterocycles. The van der Waals surface area contributed by atoms with Gasteiger partial charge in [-0.3, -0.25) is 4.90 Å². The summed E-state index contributed by atoms with van der Waals surface area (Å²) in [4.78, 5) is 6.89. The van der Waals surface area contributed by atoms with Gasteiger partial charge in [-0.05, 0) is 47.4 Å². The van der Waals surface area contributed by atoms with Gasteiger partial charge in [-0.1, -0.05) is 37.7 Å². The number of piperazine rings is 1. The van der Waals surface area contributed by atoms with E-state index in [0.29, 0.717) is 5.92 Å². The van der Waals surface area contributed by atoms with E-state index < -0.39 is 0 Å². The monoisotopic (exact) mass is 398 g/mol. The molecule has 3 nitrogen and oxygen atoms in total. The van der Waals surface area contributed by atoms with Crippen LogP contribution in [0.15, 0.2) is 46.2 Å². The number of nitrogens with zero attached hydrogens (tertiary/aromatic N) is 2. The first kappa shape index (κ1) is 19.5. The molecule has 0 aliphatic carbocycles. The number of halogens is 1. The fourth-order valence-corrected chi connectivity index (χ4v) is 4.93. The predicted molar refractivity (Wildman–Crippen MR) is 114 cm³/mol. The van der Waals surface area contributed by atoms with Crippen LogP contribution in [-0.4, -0.2) is 54.2 Å². The molecule has 1 N–H and O–H groups in total. The Morgan fingerprint density at radius 3 is 2.54 bits per heavy atom. The Morgan fingerprint density at radius 2 is 1.82 bits per heavy atom. The summed E-state index contributed by atoms with van der Waals surface area (Å²) >= 11 is 1.65. The molecule has 0 saturated carbocycles. The summed E-state index contributed by atoms with van der Waals surface area (Å²) in [7, 11) is 0. The van der Waals surface area contributed by atoms with Gasteiger partial charge in [-0.2, -0.15) is 0 Å². The van der Waals surface area contributed by atoms with Gasteiger partial charge in [0.2, 0.25) is 0 Å². The minimum Gasteiger partial charge on any atom is -0.395 e. The standard InChI is InChI=1S/C23H27FN2OS/c1-16(2)17-4-6-22-20(13-17)21(26-9-7-25(8-10-26)11-12-27)14-18-3-5-19(24)15-23(18)28-22/h3-6,13-16,27H,7-12H2,1-2H3. The molecule has 0 atom stereocenters. The second-order valence-electron chi connectivity index (χ2n) is 7.78. The van der Waals surface area contributed by atoms with Crippen LogP contribution in [0, 0.1) is 5.82 Å². The maximum absolute atomic E-state index is 13.9. The van der Waals surface area contributed by atoms with Crippen LogP contribution in [0.2, 0.25) is 0 Å². The quantitative estimate of drug-likeness (QED) is 0.819. The molecule has 2 aromatic rings. The highest BCUT2D eigenvalue weighted by molar-refractivity contribution is 7.99. The number of rotatable bonds is 4. The van der Waals surface area contributed by atoms with Crippen molar-refractivity contribution in [1.82, 2.24) is 9.80 Å². The van der Waals surface area contributed by atoms with Crippen LogP contribution in [0.4, 0.5) is 4.39 Å². The normalized spacial score (nSPS) is 17.2. The summed E-state index contributed by atoms with van der Waals surface area (Å²) in [6.07, 6.45) is 2.22. The molecule has 0 amide bonds. The third kappa shape index (κ3) is 3.97. The second kappa shape index (κ2) is 8.27. The fraction of sp³-hybridized carbons (Fsp3) is 0.391. The molecule has 0 unspecified atom stereocenters. The van der Waals surface area contributed by atoms with Crippen LogP contribution < -0.4 is 0 Å². The number of benzene rings is 2. The molecule has 2 aromatic carbocycles. The Kier molecular flexibility index (Phi) is 5.76. The first-order valence-electron chi connectivity index (χ1n) is 9.96. The molecule has 0 radical (unpaired) electrons. The van der Waals surface area contributed by atoms with Crippen LogP contribution in [0.1, 0.15) is 36.5 Å². The van der Waals surface area contributed by atoms with Crippen molar-refractivity contribution in [2.24, 2.45) is 0 Å². The van der Waals surface area contributed by atoms with E-state index in [0.717, 1.165) is 43.2 Å². The molecule has 5 heteroatoms. The van der Waals surface area contributed by atoms with E-state index in [2.05, 4.69) is 47.9 Å². The molecule has 2 aliphatic rings. The molecular formula is C23H27FN2OS. The van der Waals surface area contributed by atoms with Gasteiger partial charge in [0.15, 0.2) is 0 Å². The molecule has 0 spiro atoms. The van der Waals surface area contributed by atoms with Gasteiger partial charge in [0.05, 0.1) is 6.61 Å². The van der Waals surface area contributed by atoms with Crippen molar-refractivity contribution >= 4 is 23.5 Å². The fourth-order valence-electron chi connectivity index (χ4n) is 3.87. The number of aliphatic hydroxyl groups excluding tert-OH is 1. The third-order valence-electron chi connectivity index (χ3n) is 5.56. The molecular weight excluding hydrogens is 371 g/mol. The highest BCUT2D eigenvalue weighted by Crippen LogP contribution is 2.43. The Hall–Kier alpha value is -1.82. The van der Waals surface area contributed by atoms with Crippen molar-refractivity contribution in [1.29, 1.82) is 0 Å². The molecule has 1 saturated heterocycles. The van der Waals surface area contributed by atoms with Crippen molar-refractivity contribution in [3.05, 3.63) is 58.9 Å². The van der Waals surface area contributed by atoms with Crippen molar-refractivity contribution < 1.29 is 9.50 Å². The highest BCUT2D eigenvalue weighted by atomic mass is 32.2. The predicted octanol–water partition coefficient (Wildman–Crippen LogP) is 4.52. The topological polar surface area (TPSA) is 26.7 Å². The molecule has 1 fully saturated rings. The van der Waals surface area contributed by atoms with E-state index >= 15 is 0 Å². The van der Waals surface area contributed by atoms with Crippen molar-refractivity contribution in [2.45, 2.75) is 29.6 Å². The lowest BCUT2D eigenvalue weighted by molar-refractivity contribution is 0.143. The van der Waals surface area contributed by atoms with E-state index in [1.165, 1.54) is 21.7 Å². The van der Waals surface area contributed by atoms with E-state index in [9.17, 15) is 9.50 Å². The number of aliphatic hydroxyl groups is 1. The molecule has 28 heavy (non-hydrogen) atoms. The average Bonchev–Trinajstić information content (AvgIpc) is 2.84. The van der Waals surface area contributed by atoms with Crippen molar-refractivity contribution in [3.63, 3.8) is 0 Å². The minimum absolute atomic E-state index is 0.193. The number of β-amino-alcohol motifs (C(OH)–C–C–N with tert-alkyl or cyclic N) is 1. The summed E-state index contributed by atoms with van der Waals surface area (Å²) in [6, 6.07) is 11.7. The summed E-state index contributed by atoms with van der Waals surface area (Å²) in [6.45, 7) is 9.12. The Labute approximate surface area is 170 Å². The zero-order valence-electron chi connectivity index (χ0n) is 16.5. The molecule has 0 aromatic heterocycles. The zero-order chi connectivity index (χ0) is 19.7. The maximum atomic E-state index is 13.9. The smallest absolute Gasteiger partial charge is 0.124 e. The van der Waals surface area contributed by atoms with Crippen molar-refractivity contribution in [3.8, 4) is 0 Å². The van der Waals surface area contributed by atoms with Crippen molar-refractivity contribution in [2.75, 3.05) is 39.3 Å². The second-order valence-corrected chi connectivity index (χ2v) is 8.86. The van der Waals surface area contributed by atoms with Crippen LogP contribution in [0.25, 0.3) is 11.8 Å². The SMILES string of the molecule is CC(C)c1ccc2c(c1)C(N1CCN(CCO)CC1)=Cc1ccc(F)cc1S2. The number of fused-ring (bicyclic) bond motifs is 2. The first-order chi connectivity index (χ1) is 13.5. The number of hydrogen-bond donors (Lipinski definition) is 1. The largest absolute Gasteiger partial charge is 0.395 e. The van der Waals surface area contributed by atoms with E-state index in [1.54, 1.807) is 23.9 Å². The van der Waals surface area contributed by atoms with E-state index in [4.69, 9.17) is 0 Å². The van der Waals surface area contributed by atoms with Gasteiger partial charge >= 0.3 is 0 Å². The van der Waals surface area contributed by atoms with Gasteiger partial charge in [0.1, 0.15) is 5.82 Å². The first-order valence-corrected chi connectivity index (χ1v) is 10.8. The lowest BCUT2D eigenvalue weighted by Gasteiger charge is -2.37. The minimum atomic E-state index is -0.193. The highest BCUT2D eigenvalue weighted by Gasteiger charge is 2.24. The Balaban J connectivity index is 1.76.